The van der Waals surface area contributed by atoms with Gasteiger partial charge in [-0.15, -0.1) is 11.3 Å². The van der Waals surface area contributed by atoms with Crippen LogP contribution >= 0.6 is 22.9 Å². The molecule has 0 fully saturated rings. The summed E-state index contributed by atoms with van der Waals surface area (Å²) >= 11 is 7.34. The summed E-state index contributed by atoms with van der Waals surface area (Å²) in [5, 5.41) is 0.607. The maximum absolute atomic E-state index is 11.3. The number of esters is 1. The highest BCUT2D eigenvalue weighted by Gasteiger charge is 2.13. The van der Waals surface area contributed by atoms with Gasteiger partial charge in [-0.3, -0.25) is 0 Å². The van der Waals surface area contributed by atoms with Gasteiger partial charge in [-0.25, -0.2) is 9.78 Å². The Morgan fingerprint density at radius 1 is 1.57 bits per heavy atom. The molecule has 0 bridgehead atoms. The van der Waals surface area contributed by atoms with Crippen LogP contribution in [-0.4, -0.2) is 18.1 Å². The number of nitrogens with zero attached hydrogens (tertiary/aromatic N) is 1. The number of hydrogen-bond donors (Lipinski definition) is 0. The smallest absolute Gasteiger partial charge is 0.340 e. The average molecular weight is 228 g/mol. The molecular formula is C9H6ClNO2S. The Hall–Kier alpha value is -1.13. The van der Waals surface area contributed by atoms with Crippen molar-refractivity contribution in [2.45, 2.75) is 0 Å². The molecule has 2 rings (SSSR count). The number of hydrogen-bond acceptors (Lipinski definition) is 4. The van der Waals surface area contributed by atoms with Gasteiger partial charge in [-0.05, 0) is 12.1 Å². The molecule has 0 amide bonds. The molecule has 0 atom stereocenters. The van der Waals surface area contributed by atoms with Crippen LogP contribution in [0.3, 0.4) is 0 Å². The lowest BCUT2D eigenvalue weighted by molar-refractivity contribution is 0.0603. The van der Waals surface area contributed by atoms with E-state index >= 15 is 0 Å². The minimum absolute atomic E-state index is 0.391. The van der Waals surface area contributed by atoms with E-state index in [4.69, 9.17) is 11.6 Å². The number of carbonyl (C=O) groups excluding carboxylic acids is 1. The van der Waals surface area contributed by atoms with Crippen LogP contribution in [0, 0.1) is 0 Å². The average Bonchev–Trinajstić information content (AvgIpc) is 2.67. The van der Waals surface area contributed by atoms with Gasteiger partial charge in [0.15, 0.2) is 0 Å². The van der Waals surface area contributed by atoms with E-state index < -0.39 is 5.97 Å². The lowest BCUT2D eigenvalue weighted by Crippen LogP contribution is -2.01. The van der Waals surface area contributed by atoms with E-state index in [9.17, 15) is 4.79 Å². The van der Waals surface area contributed by atoms with Crippen molar-refractivity contribution >= 4 is 39.1 Å². The third kappa shape index (κ3) is 1.36. The van der Waals surface area contributed by atoms with Crippen molar-refractivity contribution < 1.29 is 9.53 Å². The SMILES string of the molecule is COC(=O)c1ccc(Cl)c2scnc12. The van der Waals surface area contributed by atoms with E-state index in [1.165, 1.54) is 18.4 Å². The van der Waals surface area contributed by atoms with E-state index in [1.807, 2.05) is 0 Å². The molecule has 0 N–H and O–H groups in total. The minimum atomic E-state index is -0.391. The molecule has 1 heterocycles. The Morgan fingerprint density at radius 3 is 3.07 bits per heavy atom. The van der Waals surface area contributed by atoms with Gasteiger partial charge in [0.05, 0.1) is 33.4 Å². The molecule has 0 aliphatic rings. The third-order valence-electron chi connectivity index (χ3n) is 1.84. The van der Waals surface area contributed by atoms with Crippen LogP contribution in [0.15, 0.2) is 17.6 Å². The second-order valence-electron chi connectivity index (χ2n) is 2.62. The highest BCUT2D eigenvalue weighted by molar-refractivity contribution is 7.17. The Balaban J connectivity index is 2.72. The first-order valence-corrected chi connectivity index (χ1v) is 5.10. The Kier molecular flexibility index (Phi) is 2.39. The molecule has 3 nitrogen and oxygen atoms in total. The molecule has 0 spiro atoms. The predicted molar refractivity (Wildman–Crippen MR) is 56.0 cm³/mol. The number of ether oxygens (including phenoxy) is 1. The van der Waals surface area contributed by atoms with Gasteiger partial charge in [-0.1, -0.05) is 11.6 Å². The first kappa shape index (κ1) is 9.43. The summed E-state index contributed by atoms with van der Waals surface area (Å²) in [7, 11) is 1.34. The van der Waals surface area contributed by atoms with E-state index in [0.29, 0.717) is 16.1 Å². The molecule has 14 heavy (non-hydrogen) atoms. The van der Waals surface area contributed by atoms with E-state index in [-0.39, 0.29) is 0 Å². The van der Waals surface area contributed by atoms with Crippen molar-refractivity contribution in [3.05, 3.63) is 28.2 Å². The van der Waals surface area contributed by atoms with Gasteiger partial charge in [0.1, 0.15) is 0 Å². The Labute approximate surface area is 89.3 Å². The van der Waals surface area contributed by atoms with Gasteiger partial charge >= 0.3 is 5.97 Å². The van der Waals surface area contributed by atoms with Crippen molar-refractivity contribution in [3.63, 3.8) is 0 Å². The Bertz CT molecular complexity index is 495. The second-order valence-corrected chi connectivity index (χ2v) is 3.88. The van der Waals surface area contributed by atoms with Crippen LogP contribution in [0.2, 0.25) is 5.02 Å². The van der Waals surface area contributed by atoms with Crippen LogP contribution in [0.1, 0.15) is 10.4 Å². The fraction of sp³-hybridized carbons (Fsp3) is 0.111. The number of methoxy groups -OCH3 is 1. The quantitative estimate of drug-likeness (QED) is 0.704. The molecule has 1 aromatic carbocycles. The minimum Gasteiger partial charge on any atom is -0.465 e. The van der Waals surface area contributed by atoms with Gasteiger partial charge in [0.25, 0.3) is 0 Å². The molecule has 1 aromatic heterocycles. The van der Waals surface area contributed by atoms with Crippen LogP contribution in [0.25, 0.3) is 10.2 Å². The topological polar surface area (TPSA) is 39.2 Å². The highest BCUT2D eigenvalue weighted by atomic mass is 35.5. The molecule has 2 aromatic rings. The normalized spacial score (nSPS) is 10.4. The number of thiazole rings is 1. The molecule has 0 radical (unpaired) electrons. The van der Waals surface area contributed by atoms with E-state index in [1.54, 1.807) is 17.6 Å². The molecule has 0 unspecified atom stereocenters. The second kappa shape index (κ2) is 3.55. The summed E-state index contributed by atoms with van der Waals surface area (Å²) in [6.07, 6.45) is 0. The summed E-state index contributed by atoms with van der Waals surface area (Å²) in [4.78, 5) is 15.4. The Morgan fingerprint density at radius 2 is 2.36 bits per heavy atom. The maximum atomic E-state index is 11.3. The van der Waals surface area contributed by atoms with Crippen molar-refractivity contribution in [3.8, 4) is 0 Å². The van der Waals surface area contributed by atoms with Crippen molar-refractivity contribution in [1.29, 1.82) is 0 Å². The number of benzene rings is 1. The summed E-state index contributed by atoms with van der Waals surface area (Å²) in [5.74, 6) is -0.391. The third-order valence-corrected chi connectivity index (χ3v) is 3.13. The van der Waals surface area contributed by atoms with Gasteiger partial charge in [0, 0.05) is 0 Å². The van der Waals surface area contributed by atoms with Crippen LogP contribution < -0.4 is 0 Å². The van der Waals surface area contributed by atoms with E-state index in [2.05, 4.69) is 9.72 Å². The summed E-state index contributed by atoms with van der Waals surface area (Å²) < 4.78 is 5.45. The summed E-state index contributed by atoms with van der Waals surface area (Å²) in [6.45, 7) is 0. The predicted octanol–water partition coefficient (Wildman–Crippen LogP) is 2.74. The molecular weight excluding hydrogens is 222 g/mol. The molecule has 5 heteroatoms. The zero-order valence-corrected chi connectivity index (χ0v) is 8.85. The molecule has 72 valence electrons. The van der Waals surface area contributed by atoms with Gasteiger partial charge < -0.3 is 4.74 Å². The number of carbonyl (C=O) groups is 1. The summed E-state index contributed by atoms with van der Waals surface area (Å²) in [6, 6.07) is 3.30. The van der Waals surface area contributed by atoms with E-state index in [0.717, 1.165) is 4.70 Å². The van der Waals surface area contributed by atoms with Crippen LogP contribution in [-0.2, 0) is 4.74 Å². The first-order valence-electron chi connectivity index (χ1n) is 3.84. The fourth-order valence-corrected chi connectivity index (χ4v) is 2.20. The maximum Gasteiger partial charge on any atom is 0.340 e. The van der Waals surface area contributed by atoms with Gasteiger partial charge in [0.2, 0.25) is 0 Å². The van der Waals surface area contributed by atoms with Crippen LogP contribution in [0.5, 0.6) is 0 Å². The zero-order chi connectivity index (χ0) is 10.1. The molecule has 0 aliphatic carbocycles. The lowest BCUT2D eigenvalue weighted by Gasteiger charge is -2.00. The zero-order valence-electron chi connectivity index (χ0n) is 7.28. The van der Waals surface area contributed by atoms with Crippen LogP contribution in [0.4, 0.5) is 0 Å². The van der Waals surface area contributed by atoms with Crippen molar-refractivity contribution in [2.24, 2.45) is 0 Å². The number of rotatable bonds is 1. The largest absolute Gasteiger partial charge is 0.465 e. The molecule has 0 aliphatic heterocycles. The fourth-order valence-electron chi connectivity index (χ4n) is 1.19. The standard InChI is InChI=1S/C9H6ClNO2S/c1-13-9(12)5-2-3-6(10)8-7(5)11-4-14-8/h2-4H,1H3. The van der Waals surface area contributed by atoms with Crippen molar-refractivity contribution in [1.82, 2.24) is 4.98 Å². The summed E-state index contributed by atoms with van der Waals surface area (Å²) in [5.41, 5.74) is 2.71. The lowest BCUT2D eigenvalue weighted by atomic mass is 10.2. The molecule has 0 saturated carbocycles. The number of halogens is 1. The monoisotopic (exact) mass is 227 g/mol. The number of aromatic nitrogens is 1. The first-order chi connectivity index (χ1) is 6.74. The van der Waals surface area contributed by atoms with Crippen molar-refractivity contribution in [2.75, 3.05) is 7.11 Å². The highest BCUT2D eigenvalue weighted by Crippen LogP contribution is 2.29. The molecule has 0 saturated heterocycles. The van der Waals surface area contributed by atoms with Gasteiger partial charge in [-0.2, -0.15) is 0 Å². The number of fused-ring (bicyclic) bond motifs is 1.